The number of hydrogen-bond acceptors (Lipinski definition) is 6. The number of nitrogens with zero attached hydrogens (tertiary/aromatic N) is 1. The lowest BCUT2D eigenvalue weighted by Crippen LogP contribution is -2.37. The molecule has 1 aromatic carbocycles. The normalized spacial score (nSPS) is 21.9. The second kappa shape index (κ2) is 7.00. The van der Waals surface area contributed by atoms with Gasteiger partial charge in [0.15, 0.2) is 5.82 Å². The molecule has 1 aromatic rings. The molecule has 0 aromatic heterocycles. The lowest BCUT2D eigenvalue weighted by molar-refractivity contribution is -0.117. The molecular weight excluding hydrogens is 369 g/mol. The number of carbonyl (C=O) groups is 1. The van der Waals surface area contributed by atoms with Crippen LogP contribution in [0.25, 0.3) is 0 Å². The first-order valence-corrected chi connectivity index (χ1v) is 10.5. The van der Waals surface area contributed by atoms with Crippen molar-refractivity contribution in [1.29, 1.82) is 0 Å². The summed E-state index contributed by atoms with van der Waals surface area (Å²) < 4.78 is 41.4. The molecule has 0 unspecified atom stereocenters. The van der Waals surface area contributed by atoms with Crippen LogP contribution in [-0.2, 0) is 21.4 Å². The van der Waals surface area contributed by atoms with E-state index in [1.807, 2.05) is 0 Å². The largest absolute Gasteiger partial charge is 0.506 e. The van der Waals surface area contributed by atoms with Gasteiger partial charge in [0.05, 0.1) is 0 Å². The zero-order chi connectivity index (χ0) is 18.2. The molecule has 3 rings (SSSR count). The summed E-state index contributed by atoms with van der Waals surface area (Å²) in [7, 11) is -4.18. The number of anilines is 1. The summed E-state index contributed by atoms with van der Waals surface area (Å²) in [5, 5.41) is 13.5. The number of phenolic OH excluding ortho intramolecular Hbond substituents is 1. The van der Waals surface area contributed by atoms with Gasteiger partial charge < -0.3 is 10.4 Å². The van der Waals surface area contributed by atoms with Crippen molar-refractivity contribution < 1.29 is 22.7 Å². The Hall–Kier alpha value is -1.52. The highest BCUT2D eigenvalue weighted by molar-refractivity contribution is 7.99. The third kappa shape index (κ3) is 3.56. The van der Waals surface area contributed by atoms with E-state index in [0.717, 1.165) is 25.1 Å². The maximum atomic E-state index is 15.1. The van der Waals surface area contributed by atoms with Gasteiger partial charge in [0.1, 0.15) is 18.0 Å². The quantitative estimate of drug-likeness (QED) is 0.653. The first-order chi connectivity index (χ1) is 11.8. The molecule has 0 spiro atoms. The molecule has 1 amide bonds. The van der Waals surface area contributed by atoms with E-state index >= 15 is 4.39 Å². The van der Waals surface area contributed by atoms with Crippen LogP contribution in [0.2, 0.25) is 0 Å². The van der Waals surface area contributed by atoms with Gasteiger partial charge in [0, 0.05) is 22.3 Å². The molecule has 3 N–H and O–H groups in total. The fraction of sp³-hybridized carbons (Fsp3) is 0.533. The number of fused-ring (bicyclic) bond motifs is 1. The van der Waals surface area contributed by atoms with E-state index in [2.05, 4.69) is 12.2 Å². The molecule has 7 nitrogen and oxygen atoms in total. The molecule has 2 heterocycles. The second-order valence-corrected chi connectivity index (χ2v) is 8.75. The summed E-state index contributed by atoms with van der Waals surface area (Å²) in [5.41, 5.74) is -0.0977. The van der Waals surface area contributed by atoms with Gasteiger partial charge in [-0.3, -0.25) is 4.79 Å². The van der Waals surface area contributed by atoms with Gasteiger partial charge in [-0.2, -0.15) is 8.42 Å². The molecule has 25 heavy (non-hydrogen) atoms. The van der Waals surface area contributed by atoms with Crippen LogP contribution in [0.1, 0.15) is 25.3 Å². The highest BCUT2D eigenvalue weighted by atomic mass is 32.2. The van der Waals surface area contributed by atoms with E-state index < -0.39 is 39.9 Å². The number of rotatable bonds is 5. The monoisotopic (exact) mass is 389 g/mol. The minimum Gasteiger partial charge on any atom is -0.506 e. The Bertz CT molecular complexity index is 800. The zero-order valence-corrected chi connectivity index (χ0v) is 15.3. The number of nitrogens with one attached hydrogen (secondary N) is 2. The van der Waals surface area contributed by atoms with Crippen LogP contribution in [-0.4, -0.2) is 44.3 Å². The SMILES string of the molecule is CCCCN[C@@H]1CSc2cc(O)c(N3CC(=O)NS3(=O)=O)c(F)c2C1. The number of halogens is 1. The number of carbonyl (C=O) groups excluding carboxylic acids is 1. The van der Waals surface area contributed by atoms with Gasteiger partial charge in [-0.1, -0.05) is 13.3 Å². The van der Waals surface area contributed by atoms with Gasteiger partial charge in [-0.25, -0.2) is 13.4 Å². The number of hydrogen-bond donors (Lipinski definition) is 3. The van der Waals surface area contributed by atoms with Gasteiger partial charge in [0.25, 0.3) is 5.91 Å². The lowest BCUT2D eigenvalue weighted by Gasteiger charge is -2.28. The predicted molar refractivity (Wildman–Crippen MR) is 93.6 cm³/mol. The molecule has 0 radical (unpaired) electrons. The number of thioether (sulfide) groups is 1. The van der Waals surface area contributed by atoms with Gasteiger partial charge >= 0.3 is 10.2 Å². The highest BCUT2D eigenvalue weighted by Crippen LogP contribution is 2.42. The molecular formula is C15H20FN3O4S2. The van der Waals surface area contributed by atoms with Crippen molar-refractivity contribution in [2.45, 2.75) is 37.1 Å². The van der Waals surface area contributed by atoms with Crippen LogP contribution in [0.3, 0.4) is 0 Å². The van der Waals surface area contributed by atoms with Crippen LogP contribution in [0.5, 0.6) is 5.75 Å². The van der Waals surface area contributed by atoms with Crippen LogP contribution >= 0.6 is 11.8 Å². The van der Waals surface area contributed by atoms with Crippen molar-refractivity contribution in [2.75, 3.05) is 23.1 Å². The Morgan fingerprint density at radius 1 is 1.52 bits per heavy atom. The number of phenols is 1. The van der Waals surface area contributed by atoms with Crippen molar-refractivity contribution in [2.24, 2.45) is 0 Å². The summed E-state index contributed by atoms with van der Waals surface area (Å²) in [6.45, 7) is 2.38. The Labute approximate surface area is 150 Å². The number of unbranched alkanes of at least 4 members (excludes halogenated alkanes) is 1. The van der Waals surface area contributed by atoms with E-state index in [1.54, 1.807) is 4.72 Å². The number of aromatic hydroxyl groups is 1. The first kappa shape index (κ1) is 18.3. The van der Waals surface area contributed by atoms with Crippen LogP contribution < -0.4 is 14.3 Å². The second-order valence-electron chi connectivity index (χ2n) is 6.09. The van der Waals surface area contributed by atoms with E-state index in [9.17, 15) is 18.3 Å². The summed E-state index contributed by atoms with van der Waals surface area (Å²) in [4.78, 5) is 12.0. The average molecular weight is 389 g/mol. The Kier molecular flexibility index (Phi) is 5.12. The number of benzene rings is 1. The maximum absolute atomic E-state index is 15.1. The molecule has 138 valence electrons. The molecule has 0 bridgehead atoms. The smallest absolute Gasteiger partial charge is 0.326 e. The van der Waals surface area contributed by atoms with Crippen LogP contribution in [0.4, 0.5) is 10.1 Å². The van der Waals surface area contributed by atoms with Gasteiger partial charge in [-0.15, -0.1) is 11.8 Å². The molecule has 2 aliphatic heterocycles. The first-order valence-electron chi connectivity index (χ1n) is 8.07. The van der Waals surface area contributed by atoms with Gasteiger partial charge in [0.2, 0.25) is 0 Å². The van der Waals surface area contributed by atoms with E-state index in [1.165, 1.54) is 17.8 Å². The summed E-state index contributed by atoms with van der Waals surface area (Å²) in [5.74, 6) is -1.28. The van der Waals surface area contributed by atoms with Crippen LogP contribution in [0.15, 0.2) is 11.0 Å². The molecule has 1 atom stereocenters. The molecule has 0 saturated carbocycles. The van der Waals surface area contributed by atoms with Crippen molar-refractivity contribution in [3.63, 3.8) is 0 Å². The summed E-state index contributed by atoms with van der Waals surface area (Å²) in [6.07, 6.45) is 2.49. The maximum Gasteiger partial charge on any atom is 0.326 e. The Balaban J connectivity index is 1.93. The fourth-order valence-electron chi connectivity index (χ4n) is 2.96. The van der Waals surface area contributed by atoms with E-state index in [-0.39, 0.29) is 6.04 Å². The molecule has 2 aliphatic rings. The highest BCUT2D eigenvalue weighted by Gasteiger charge is 2.39. The van der Waals surface area contributed by atoms with Crippen molar-refractivity contribution in [3.05, 3.63) is 17.4 Å². The third-order valence-electron chi connectivity index (χ3n) is 4.20. The summed E-state index contributed by atoms with van der Waals surface area (Å²) >= 11 is 1.42. The van der Waals surface area contributed by atoms with Crippen LogP contribution in [0, 0.1) is 5.82 Å². The Morgan fingerprint density at radius 2 is 2.28 bits per heavy atom. The lowest BCUT2D eigenvalue weighted by atomic mass is 10.0. The topological polar surface area (TPSA) is 98.7 Å². The van der Waals surface area contributed by atoms with Gasteiger partial charge in [-0.05, 0) is 25.5 Å². The molecule has 1 saturated heterocycles. The summed E-state index contributed by atoms with van der Waals surface area (Å²) in [6, 6.07) is 1.45. The standard InChI is InChI=1S/C15H20FN3O4S2/c1-2-3-4-17-9-5-10-12(24-8-9)6-11(20)15(14(10)16)19-7-13(21)18-25(19,22)23/h6,9,17,20H,2-5,7-8H2,1H3,(H,18,21)/t9-/m0/s1. The van der Waals surface area contributed by atoms with E-state index in [0.29, 0.717) is 21.2 Å². The third-order valence-corrected chi connectivity index (χ3v) is 6.83. The van der Waals surface area contributed by atoms with Crippen molar-refractivity contribution in [3.8, 4) is 5.75 Å². The minimum absolute atomic E-state index is 0.0749. The minimum atomic E-state index is -4.18. The van der Waals surface area contributed by atoms with E-state index in [4.69, 9.17) is 0 Å². The average Bonchev–Trinajstić information content (AvgIpc) is 2.81. The number of amides is 1. The predicted octanol–water partition coefficient (Wildman–Crippen LogP) is 1.12. The molecule has 10 heteroatoms. The Morgan fingerprint density at radius 3 is 2.92 bits per heavy atom. The zero-order valence-electron chi connectivity index (χ0n) is 13.7. The van der Waals surface area contributed by atoms with Crippen molar-refractivity contribution >= 4 is 33.6 Å². The fourth-order valence-corrected chi connectivity index (χ4v) is 5.28. The molecule has 0 aliphatic carbocycles. The van der Waals surface area contributed by atoms with Crippen molar-refractivity contribution in [1.82, 2.24) is 10.0 Å². The molecule has 1 fully saturated rings.